The van der Waals surface area contributed by atoms with Gasteiger partial charge in [0.2, 0.25) is 0 Å². The molecule has 0 aliphatic rings. The summed E-state index contributed by atoms with van der Waals surface area (Å²) in [6.07, 6.45) is 0.823. The van der Waals surface area contributed by atoms with Crippen molar-refractivity contribution in [1.82, 2.24) is 10.5 Å². The van der Waals surface area contributed by atoms with Gasteiger partial charge < -0.3 is 19.9 Å². The monoisotopic (exact) mass is 491 g/mol. The lowest BCUT2D eigenvalue weighted by Gasteiger charge is -2.14. The number of hydrogen-bond donors (Lipinski definition) is 2. The first-order valence-electron chi connectivity index (χ1n) is 11.3. The van der Waals surface area contributed by atoms with Gasteiger partial charge in [0, 0.05) is 12.2 Å². The van der Waals surface area contributed by atoms with E-state index in [1.807, 2.05) is 51.1 Å². The van der Waals surface area contributed by atoms with Gasteiger partial charge in [0.25, 0.3) is 11.8 Å². The molecule has 2 amide bonds. The predicted octanol–water partition coefficient (Wildman–Crippen LogP) is 6.07. The Hall–Kier alpha value is -3.84. The molecule has 2 N–H and O–H groups in total. The summed E-state index contributed by atoms with van der Waals surface area (Å²) >= 11 is 6.33. The lowest BCUT2D eigenvalue weighted by Crippen LogP contribution is -2.24. The number of rotatable bonds is 8. The molecular formula is C27H26ClN3O4. The third-order valence-corrected chi connectivity index (χ3v) is 5.97. The van der Waals surface area contributed by atoms with Gasteiger partial charge in [-0.25, -0.2) is 0 Å². The summed E-state index contributed by atoms with van der Waals surface area (Å²) in [6.45, 7) is 6.42. The number of benzene rings is 3. The third kappa shape index (κ3) is 5.46. The molecule has 4 rings (SSSR count). The molecular weight excluding hydrogens is 466 g/mol. The first-order valence-corrected chi connectivity index (χ1v) is 11.7. The summed E-state index contributed by atoms with van der Waals surface area (Å²) in [5.74, 6) is 0.498. The maximum Gasteiger partial charge on any atom is 0.259 e. The highest BCUT2D eigenvalue weighted by Crippen LogP contribution is 2.29. The molecule has 8 heteroatoms. The Balaban J connectivity index is 1.60. The fraction of sp³-hybridized carbons (Fsp3) is 0.222. The second-order valence-corrected chi connectivity index (χ2v) is 8.60. The molecule has 0 bridgehead atoms. The first kappa shape index (κ1) is 24.3. The van der Waals surface area contributed by atoms with Crippen molar-refractivity contribution in [3.8, 4) is 5.75 Å². The molecule has 0 aliphatic heterocycles. The molecule has 0 atom stereocenters. The largest absolute Gasteiger partial charge is 0.488 e. The lowest BCUT2D eigenvalue weighted by molar-refractivity contribution is 0.0953. The van der Waals surface area contributed by atoms with Crippen LogP contribution < -0.4 is 15.4 Å². The van der Waals surface area contributed by atoms with Crippen LogP contribution in [0, 0.1) is 13.8 Å². The Bertz CT molecular complexity index is 1380. The average molecular weight is 492 g/mol. The van der Waals surface area contributed by atoms with Crippen molar-refractivity contribution in [1.29, 1.82) is 0 Å². The van der Waals surface area contributed by atoms with Crippen molar-refractivity contribution >= 4 is 39.9 Å². The van der Waals surface area contributed by atoms with Crippen LogP contribution in [0.2, 0.25) is 5.02 Å². The number of nitrogens with zero attached hydrogens (tertiary/aromatic N) is 1. The Morgan fingerprint density at radius 2 is 1.74 bits per heavy atom. The van der Waals surface area contributed by atoms with Gasteiger partial charge >= 0.3 is 0 Å². The summed E-state index contributed by atoms with van der Waals surface area (Å²) in [5.41, 5.74) is 2.78. The van der Waals surface area contributed by atoms with E-state index in [-0.39, 0.29) is 23.4 Å². The standard InChI is InChI=1S/C27H26ClN3O4/c1-4-11-29-26(32)21-10-9-20(14-24(21)28)30-27(33)22-12-18-7-5-6-8-19(18)13-25(22)34-15-23-16(2)31-35-17(23)3/h5-10,12-14H,4,11,15H2,1-3H3,(H,29,32)(H,30,33). The van der Waals surface area contributed by atoms with E-state index >= 15 is 0 Å². The zero-order valence-corrected chi connectivity index (χ0v) is 20.5. The number of carbonyl (C=O) groups is 2. The van der Waals surface area contributed by atoms with Gasteiger partial charge in [-0.1, -0.05) is 47.9 Å². The van der Waals surface area contributed by atoms with Crippen LogP contribution in [0.15, 0.2) is 59.1 Å². The van der Waals surface area contributed by atoms with Gasteiger partial charge in [0.05, 0.1) is 27.4 Å². The van der Waals surface area contributed by atoms with Gasteiger partial charge in [-0.2, -0.15) is 0 Å². The number of nitrogens with one attached hydrogen (secondary N) is 2. The van der Waals surface area contributed by atoms with Crippen molar-refractivity contribution < 1.29 is 18.8 Å². The summed E-state index contributed by atoms with van der Waals surface area (Å²) in [5, 5.41) is 11.7. The molecule has 1 aromatic heterocycles. The van der Waals surface area contributed by atoms with Crippen molar-refractivity contribution in [2.45, 2.75) is 33.8 Å². The van der Waals surface area contributed by atoms with Gasteiger partial charge in [0.1, 0.15) is 18.1 Å². The highest BCUT2D eigenvalue weighted by Gasteiger charge is 2.18. The molecule has 0 saturated heterocycles. The van der Waals surface area contributed by atoms with E-state index < -0.39 is 0 Å². The van der Waals surface area contributed by atoms with Crippen LogP contribution in [0.5, 0.6) is 5.75 Å². The van der Waals surface area contributed by atoms with Crippen LogP contribution in [-0.2, 0) is 6.61 Å². The minimum atomic E-state index is -0.358. The third-order valence-electron chi connectivity index (χ3n) is 5.65. The summed E-state index contributed by atoms with van der Waals surface area (Å²) in [7, 11) is 0. The van der Waals surface area contributed by atoms with Crippen LogP contribution in [-0.4, -0.2) is 23.5 Å². The topological polar surface area (TPSA) is 93.5 Å². The van der Waals surface area contributed by atoms with Crippen molar-refractivity contribution in [2.24, 2.45) is 0 Å². The van der Waals surface area contributed by atoms with Gasteiger partial charge in [-0.05, 0) is 61.4 Å². The average Bonchev–Trinajstić information content (AvgIpc) is 3.17. The highest BCUT2D eigenvalue weighted by molar-refractivity contribution is 6.34. The molecule has 0 unspecified atom stereocenters. The van der Waals surface area contributed by atoms with E-state index in [1.165, 1.54) is 0 Å². The Morgan fingerprint density at radius 1 is 1.00 bits per heavy atom. The number of halogens is 1. The molecule has 0 fully saturated rings. The second-order valence-electron chi connectivity index (χ2n) is 8.19. The Morgan fingerprint density at radius 3 is 2.40 bits per heavy atom. The zero-order chi connectivity index (χ0) is 24.9. The van der Waals surface area contributed by atoms with E-state index in [4.69, 9.17) is 20.9 Å². The van der Waals surface area contributed by atoms with Crippen molar-refractivity contribution in [3.05, 3.63) is 87.8 Å². The van der Waals surface area contributed by atoms with Crippen LogP contribution in [0.3, 0.4) is 0 Å². The number of fused-ring (bicyclic) bond motifs is 1. The normalized spacial score (nSPS) is 10.9. The fourth-order valence-corrected chi connectivity index (χ4v) is 3.95. The number of amides is 2. The van der Waals surface area contributed by atoms with Gasteiger partial charge in [0.15, 0.2) is 0 Å². The van der Waals surface area contributed by atoms with Gasteiger partial charge in [-0.3, -0.25) is 9.59 Å². The van der Waals surface area contributed by atoms with Gasteiger partial charge in [-0.15, -0.1) is 0 Å². The van der Waals surface area contributed by atoms with Crippen molar-refractivity contribution in [2.75, 3.05) is 11.9 Å². The first-order chi connectivity index (χ1) is 16.9. The predicted molar refractivity (Wildman–Crippen MR) is 136 cm³/mol. The Labute approximate surface area is 208 Å². The Kier molecular flexibility index (Phi) is 7.36. The molecule has 0 saturated carbocycles. The number of carbonyl (C=O) groups excluding carboxylic acids is 2. The number of hydrogen-bond acceptors (Lipinski definition) is 5. The maximum absolute atomic E-state index is 13.3. The lowest BCUT2D eigenvalue weighted by atomic mass is 10.0. The molecule has 35 heavy (non-hydrogen) atoms. The van der Waals surface area contributed by atoms with Crippen LogP contribution in [0.25, 0.3) is 10.8 Å². The SMILES string of the molecule is CCCNC(=O)c1ccc(NC(=O)c2cc3ccccc3cc2OCc2c(C)noc2C)cc1Cl. The number of ether oxygens (including phenoxy) is 1. The van der Waals surface area contributed by atoms with E-state index in [1.54, 1.807) is 24.3 Å². The highest BCUT2D eigenvalue weighted by atomic mass is 35.5. The van der Waals surface area contributed by atoms with E-state index in [0.717, 1.165) is 28.5 Å². The summed E-state index contributed by atoms with van der Waals surface area (Å²) in [6, 6.07) is 16.2. The fourth-order valence-electron chi connectivity index (χ4n) is 3.68. The smallest absolute Gasteiger partial charge is 0.259 e. The molecule has 1 heterocycles. The van der Waals surface area contributed by atoms with E-state index in [9.17, 15) is 9.59 Å². The number of aryl methyl sites for hydroxylation is 2. The molecule has 180 valence electrons. The summed E-state index contributed by atoms with van der Waals surface area (Å²) < 4.78 is 11.3. The van der Waals surface area contributed by atoms with Crippen LogP contribution >= 0.6 is 11.6 Å². The second kappa shape index (κ2) is 10.6. The number of anilines is 1. The van der Waals surface area contributed by atoms with E-state index in [2.05, 4.69) is 15.8 Å². The van der Waals surface area contributed by atoms with E-state index in [0.29, 0.717) is 34.9 Å². The van der Waals surface area contributed by atoms with Crippen molar-refractivity contribution in [3.63, 3.8) is 0 Å². The molecule has 0 aliphatic carbocycles. The summed E-state index contributed by atoms with van der Waals surface area (Å²) in [4.78, 5) is 25.6. The molecule has 4 aromatic rings. The molecule has 0 spiro atoms. The molecule has 7 nitrogen and oxygen atoms in total. The zero-order valence-electron chi connectivity index (χ0n) is 19.8. The maximum atomic E-state index is 13.3. The molecule has 3 aromatic carbocycles. The minimum absolute atomic E-state index is 0.215. The minimum Gasteiger partial charge on any atom is -0.488 e. The van der Waals surface area contributed by atoms with Crippen LogP contribution in [0.1, 0.15) is 51.1 Å². The molecule has 0 radical (unpaired) electrons. The number of aromatic nitrogens is 1. The van der Waals surface area contributed by atoms with Crippen LogP contribution in [0.4, 0.5) is 5.69 Å². The quantitative estimate of drug-likeness (QED) is 0.312.